The summed E-state index contributed by atoms with van der Waals surface area (Å²) in [6.07, 6.45) is 12.6. The zero-order valence-electron chi connectivity index (χ0n) is 15.9. The summed E-state index contributed by atoms with van der Waals surface area (Å²) in [5.74, 6) is 1.02. The molecule has 4 nitrogen and oxygen atoms in total. The fraction of sp³-hybridized carbons (Fsp3) is 0.619. The molecule has 0 amide bonds. The lowest BCUT2D eigenvalue weighted by Gasteiger charge is -2.03. The Balaban J connectivity index is 1.73. The molecule has 1 unspecified atom stereocenters. The fourth-order valence-electron chi connectivity index (χ4n) is 3.03. The highest BCUT2D eigenvalue weighted by Gasteiger charge is 2.16. The zero-order valence-corrected chi connectivity index (χ0v) is 16.7. The molecule has 0 saturated heterocycles. The molecule has 0 fully saturated rings. The van der Waals surface area contributed by atoms with Crippen molar-refractivity contribution in [3.63, 3.8) is 0 Å². The van der Waals surface area contributed by atoms with Crippen molar-refractivity contribution in [3.8, 4) is 11.4 Å². The lowest BCUT2D eigenvalue weighted by atomic mass is 10.0. The number of alkyl halides is 1. The van der Waals surface area contributed by atoms with Gasteiger partial charge in [-0.15, -0.1) is 11.6 Å². The second-order valence-electron chi connectivity index (χ2n) is 6.92. The molecule has 1 atom stereocenters. The largest absolute Gasteiger partial charge is 0.337 e. The van der Waals surface area contributed by atoms with Crippen LogP contribution >= 0.6 is 11.6 Å². The van der Waals surface area contributed by atoms with Gasteiger partial charge in [0.25, 0.3) is 0 Å². The van der Waals surface area contributed by atoms with Gasteiger partial charge in [-0.25, -0.2) is 0 Å². The van der Waals surface area contributed by atoms with Crippen LogP contribution in [0.4, 0.5) is 0 Å². The predicted octanol–water partition coefficient (Wildman–Crippen LogP) is 6.05. The smallest absolute Gasteiger partial charge is 0.245 e. The van der Waals surface area contributed by atoms with E-state index in [9.17, 15) is 0 Å². The van der Waals surface area contributed by atoms with E-state index in [4.69, 9.17) is 21.9 Å². The van der Waals surface area contributed by atoms with Crippen LogP contribution in [0.5, 0.6) is 0 Å². The molecule has 0 radical (unpaired) electrons. The molecule has 26 heavy (non-hydrogen) atoms. The summed E-state index contributed by atoms with van der Waals surface area (Å²) in [5.41, 5.74) is 7.83. The fourth-order valence-corrected chi connectivity index (χ4v) is 3.25. The Morgan fingerprint density at radius 1 is 1.00 bits per heavy atom. The number of benzene rings is 1. The Morgan fingerprint density at radius 3 is 2.31 bits per heavy atom. The Kier molecular flexibility index (Phi) is 9.72. The van der Waals surface area contributed by atoms with E-state index in [0.29, 0.717) is 24.7 Å². The summed E-state index contributed by atoms with van der Waals surface area (Å²) < 4.78 is 5.24. The third-order valence-electron chi connectivity index (χ3n) is 4.66. The number of aryl methyl sites for hydroxylation is 1. The summed E-state index contributed by atoms with van der Waals surface area (Å²) in [5, 5.41) is 3.71. The molecular formula is C21H32ClN3O. The van der Waals surface area contributed by atoms with E-state index in [1.54, 1.807) is 0 Å². The van der Waals surface area contributed by atoms with Crippen LogP contribution in [0.25, 0.3) is 11.4 Å². The van der Waals surface area contributed by atoms with Gasteiger partial charge in [-0.2, -0.15) is 4.98 Å². The molecule has 1 aromatic heterocycles. The summed E-state index contributed by atoms with van der Waals surface area (Å²) in [6.45, 7) is 2.76. The van der Waals surface area contributed by atoms with Gasteiger partial charge in [-0.05, 0) is 31.4 Å². The molecule has 0 bridgehead atoms. The van der Waals surface area contributed by atoms with Crippen LogP contribution in [0.1, 0.15) is 81.5 Å². The maximum absolute atomic E-state index is 6.17. The number of aromatic nitrogens is 2. The molecule has 0 spiro atoms. The van der Waals surface area contributed by atoms with Crippen molar-refractivity contribution < 1.29 is 4.52 Å². The Bertz CT molecular complexity index is 612. The van der Waals surface area contributed by atoms with E-state index in [2.05, 4.69) is 41.3 Å². The lowest BCUT2D eigenvalue weighted by molar-refractivity contribution is 0.372. The normalized spacial score (nSPS) is 12.4. The first-order valence-electron chi connectivity index (χ1n) is 10.0. The number of unbranched alkanes of at least 4 members (excludes halogenated alkanes) is 7. The molecule has 144 valence electrons. The standard InChI is InChI=1S/C21H32ClN3O/c1-2-3-4-5-6-7-8-9-10-17-11-13-18(14-12-17)20-24-21(26-25-20)19(22)15-16-23/h11-14,19H,2-10,15-16,23H2,1H3. The monoisotopic (exact) mass is 377 g/mol. The molecule has 0 aliphatic heterocycles. The second-order valence-corrected chi connectivity index (χ2v) is 7.45. The SMILES string of the molecule is CCCCCCCCCCc1ccc(-c2noc(C(Cl)CCN)n2)cc1. The van der Waals surface area contributed by atoms with Gasteiger partial charge < -0.3 is 10.3 Å². The molecule has 0 saturated carbocycles. The number of nitrogens with zero attached hydrogens (tertiary/aromatic N) is 2. The van der Waals surface area contributed by atoms with Crippen LogP contribution in [-0.4, -0.2) is 16.7 Å². The number of hydrogen-bond donors (Lipinski definition) is 1. The summed E-state index contributed by atoms with van der Waals surface area (Å²) in [6, 6.07) is 8.43. The van der Waals surface area contributed by atoms with E-state index in [0.717, 1.165) is 12.0 Å². The highest BCUT2D eigenvalue weighted by molar-refractivity contribution is 6.20. The first kappa shape index (κ1) is 20.9. The van der Waals surface area contributed by atoms with Gasteiger partial charge in [0.15, 0.2) is 0 Å². The van der Waals surface area contributed by atoms with Crippen molar-refractivity contribution >= 4 is 11.6 Å². The summed E-state index contributed by atoms with van der Waals surface area (Å²) >= 11 is 6.17. The quantitative estimate of drug-likeness (QED) is 0.341. The van der Waals surface area contributed by atoms with E-state index >= 15 is 0 Å². The maximum Gasteiger partial charge on any atom is 0.245 e. The van der Waals surface area contributed by atoms with Crippen LogP contribution in [0.2, 0.25) is 0 Å². The van der Waals surface area contributed by atoms with Gasteiger partial charge >= 0.3 is 0 Å². The van der Waals surface area contributed by atoms with Gasteiger partial charge in [0.05, 0.1) is 0 Å². The minimum absolute atomic E-state index is 0.317. The minimum atomic E-state index is -0.317. The van der Waals surface area contributed by atoms with Crippen LogP contribution in [-0.2, 0) is 6.42 Å². The van der Waals surface area contributed by atoms with Crippen LogP contribution in [0.15, 0.2) is 28.8 Å². The topological polar surface area (TPSA) is 64.9 Å². The average Bonchev–Trinajstić information content (AvgIpc) is 3.15. The number of nitrogens with two attached hydrogens (primary N) is 1. The summed E-state index contributed by atoms with van der Waals surface area (Å²) in [7, 11) is 0. The number of hydrogen-bond acceptors (Lipinski definition) is 4. The van der Waals surface area contributed by atoms with E-state index in [1.165, 1.54) is 56.9 Å². The van der Waals surface area contributed by atoms with Crippen molar-refractivity contribution in [1.82, 2.24) is 10.1 Å². The maximum atomic E-state index is 6.17. The molecule has 1 aromatic carbocycles. The van der Waals surface area contributed by atoms with Crippen LogP contribution in [0.3, 0.4) is 0 Å². The Labute approximate surface area is 162 Å². The number of rotatable bonds is 13. The van der Waals surface area contributed by atoms with Gasteiger partial charge in [-0.1, -0.05) is 81.3 Å². The van der Waals surface area contributed by atoms with Crippen molar-refractivity contribution in [2.45, 2.75) is 76.5 Å². The average molecular weight is 378 g/mol. The molecule has 2 N–H and O–H groups in total. The Hall–Kier alpha value is -1.39. The van der Waals surface area contributed by atoms with Gasteiger partial charge in [0.2, 0.25) is 11.7 Å². The molecule has 1 heterocycles. The number of halogens is 1. The van der Waals surface area contributed by atoms with Gasteiger partial charge in [0, 0.05) is 5.56 Å². The van der Waals surface area contributed by atoms with Crippen LogP contribution < -0.4 is 5.73 Å². The molecular weight excluding hydrogens is 346 g/mol. The Morgan fingerprint density at radius 2 is 1.65 bits per heavy atom. The molecule has 2 aromatic rings. The first-order valence-corrected chi connectivity index (χ1v) is 10.4. The third-order valence-corrected chi connectivity index (χ3v) is 5.07. The van der Waals surface area contributed by atoms with Crippen molar-refractivity contribution in [2.24, 2.45) is 5.73 Å². The van der Waals surface area contributed by atoms with Crippen LogP contribution in [0, 0.1) is 0 Å². The van der Waals surface area contributed by atoms with Gasteiger partial charge in [0.1, 0.15) is 5.38 Å². The first-order chi connectivity index (χ1) is 12.7. The molecule has 2 rings (SSSR count). The third kappa shape index (κ3) is 7.08. The minimum Gasteiger partial charge on any atom is -0.337 e. The van der Waals surface area contributed by atoms with E-state index in [-0.39, 0.29) is 5.38 Å². The van der Waals surface area contributed by atoms with Crippen molar-refractivity contribution in [1.29, 1.82) is 0 Å². The van der Waals surface area contributed by atoms with Crippen molar-refractivity contribution in [3.05, 3.63) is 35.7 Å². The lowest BCUT2D eigenvalue weighted by Crippen LogP contribution is -2.03. The predicted molar refractivity (Wildman–Crippen MR) is 108 cm³/mol. The highest BCUT2D eigenvalue weighted by atomic mass is 35.5. The second kappa shape index (κ2) is 12.1. The van der Waals surface area contributed by atoms with Gasteiger partial charge in [-0.3, -0.25) is 0 Å². The molecule has 5 heteroatoms. The highest BCUT2D eigenvalue weighted by Crippen LogP contribution is 2.25. The van der Waals surface area contributed by atoms with E-state index in [1.807, 2.05) is 0 Å². The van der Waals surface area contributed by atoms with E-state index < -0.39 is 0 Å². The molecule has 0 aliphatic carbocycles. The summed E-state index contributed by atoms with van der Waals surface area (Å²) in [4.78, 5) is 4.38. The zero-order chi connectivity index (χ0) is 18.6. The van der Waals surface area contributed by atoms with Crippen molar-refractivity contribution in [2.75, 3.05) is 6.54 Å². The molecule has 0 aliphatic rings.